The van der Waals surface area contributed by atoms with Gasteiger partial charge in [0.1, 0.15) is 0 Å². The first-order valence-electron chi connectivity index (χ1n) is 4.39. The predicted octanol–water partition coefficient (Wildman–Crippen LogP) is 0.691. The maximum absolute atomic E-state index is 11.6. The van der Waals surface area contributed by atoms with Gasteiger partial charge in [0.15, 0.2) is 9.84 Å². The minimum Gasteiger partial charge on any atom is -0.327 e. The molecular formula is C8H17NO2S. The topological polar surface area (TPSA) is 60.2 Å². The average molecular weight is 191 g/mol. The van der Waals surface area contributed by atoms with Crippen LogP contribution < -0.4 is 5.73 Å². The minimum atomic E-state index is -2.92. The van der Waals surface area contributed by atoms with Gasteiger partial charge in [0.05, 0.1) is 10.5 Å². The third kappa shape index (κ3) is 1.50. The van der Waals surface area contributed by atoms with Crippen molar-refractivity contribution in [2.45, 2.75) is 43.9 Å². The fourth-order valence-electron chi connectivity index (χ4n) is 2.01. The number of rotatable bonds is 2. The molecule has 1 aliphatic heterocycles. The summed E-state index contributed by atoms with van der Waals surface area (Å²) in [6.45, 7) is 3.82. The largest absolute Gasteiger partial charge is 0.327 e. The highest BCUT2D eigenvalue weighted by molar-refractivity contribution is 7.93. The van der Waals surface area contributed by atoms with E-state index in [0.29, 0.717) is 6.42 Å². The van der Waals surface area contributed by atoms with E-state index >= 15 is 0 Å². The molecule has 1 aliphatic rings. The summed E-state index contributed by atoms with van der Waals surface area (Å²) in [6, 6.07) is -0.147. The summed E-state index contributed by atoms with van der Waals surface area (Å²) in [5.41, 5.74) is 5.64. The van der Waals surface area contributed by atoms with E-state index in [0.717, 1.165) is 12.8 Å². The maximum atomic E-state index is 11.6. The van der Waals surface area contributed by atoms with Crippen molar-refractivity contribution in [2.75, 3.05) is 5.75 Å². The van der Waals surface area contributed by atoms with E-state index in [2.05, 4.69) is 0 Å². The summed E-state index contributed by atoms with van der Waals surface area (Å²) < 4.78 is 22.7. The third-order valence-corrected chi connectivity index (χ3v) is 5.40. The zero-order valence-electron chi connectivity index (χ0n) is 7.71. The first kappa shape index (κ1) is 9.99. The van der Waals surface area contributed by atoms with Crippen molar-refractivity contribution in [1.29, 1.82) is 0 Å². The molecule has 72 valence electrons. The molecule has 0 bridgehead atoms. The van der Waals surface area contributed by atoms with Gasteiger partial charge >= 0.3 is 0 Å². The van der Waals surface area contributed by atoms with E-state index in [1.807, 2.05) is 13.8 Å². The molecule has 0 aromatic heterocycles. The second kappa shape index (κ2) is 3.00. The first-order chi connectivity index (χ1) is 5.41. The van der Waals surface area contributed by atoms with Crippen LogP contribution >= 0.6 is 0 Å². The van der Waals surface area contributed by atoms with E-state index in [-0.39, 0.29) is 11.8 Å². The summed E-state index contributed by atoms with van der Waals surface area (Å²) in [5, 5.41) is 0. The predicted molar refractivity (Wildman–Crippen MR) is 49.7 cm³/mol. The molecule has 1 fully saturated rings. The van der Waals surface area contributed by atoms with Crippen LogP contribution in [0.4, 0.5) is 0 Å². The van der Waals surface area contributed by atoms with Gasteiger partial charge in [-0.05, 0) is 19.8 Å². The summed E-state index contributed by atoms with van der Waals surface area (Å²) in [5.74, 6) is 0.170. The Morgan fingerprint density at radius 2 is 2.17 bits per heavy atom. The molecule has 0 aromatic carbocycles. The minimum absolute atomic E-state index is 0.147. The van der Waals surface area contributed by atoms with Crippen LogP contribution in [0, 0.1) is 0 Å². The summed E-state index contributed by atoms with van der Waals surface area (Å²) in [7, 11) is -2.92. The second-order valence-electron chi connectivity index (χ2n) is 3.95. The number of hydrogen-bond acceptors (Lipinski definition) is 3. The molecule has 1 saturated heterocycles. The molecule has 2 unspecified atom stereocenters. The lowest BCUT2D eigenvalue weighted by Gasteiger charge is -2.21. The van der Waals surface area contributed by atoms with Gasteiger partial charge in [0.25, 0.3) is 0 Å². The number of nitrogens with two attached hydrogens (primary N) is 1. The normalized spacial score (nSPS) is 40.1. The Hall–Kier alpha value is -0.0900. The molecule has 0 spiro atoms. The van der Waals surface area contributed by atoms with Gasteiger partial charge in [-0.15, -0.1) is 0 Å². The quantitative estimate of drug-likeness (QED) is 0.698. The highest BCUT2D eigenvalue weighted by Crippen LogP contribution is 2.35. The van der Waals surface area contributed by atoms with Gasteiger partial charge in [-0.25, -0.2) is 8.42 Å². The van der Waals surface area contributed by atoms with Gasteiger partial charge in [0.2, 0.25) is 0 Å². The molecule has 1 rings (SSSR count). The lowest BCUT2D eigenvalue weighted by atomic mass is 9.98. The number of sulfone groups is 1. The first-order valence-corrected chi connectivity index (χ1v) is 6.04. The SMILES string of the molecule is CCCC1(C)CC(N)CS1(=O)=O. The van der Waals surface area contributed by atoms with Crippen molar-refractivity contribution < 1.29 is 8.42 Å². The van der Waals surface area contributed by atoms with Crippen molar-refractivity contribution in [3.8, 4) is 0 Å². The molecular weight excluding hydrogens is 174 g/mol. The third-order valence-electron chi connectivity index (χ3n) is 2.66. The van der Waals surface area contributed by atoms with Crippen LogP contribution in [-0.2, 0) is 9.84 Å². The van der Waals surface area contributed by atoms with E-state index in [4.69, 9.17) is 5.73 Å². The average Bonchev–Trinajstić information content (AvgIpc) is 2.02. The maximum Gasteiger partial charge on any atom is 0.157 e. The Morgan fingerprint density at radius 1 is 1.58 bits per heavy atom. The van der Waals surface area contributed by atoms with Crippen molar-refractivity contribution in [2.24, 2.45) is 5.73 Å². The van der Waals surface area contributed by atoms with Crippen LogP contribution in [0.2, 0.25) is 0 Å². The van der Waals surface area contributed by atoms with Gasteiger partial charge in [-0.3, -0.25) is 0 Å². The molecule has 12 heavy (non-hydrogen) atoms. The van der Waals surface area contributed by atoms with Crippen LogP contribution in [0.5, 0.6) is 0 Å². The molecule has 0 radical (unpaired) electrons. The van der Waals surface area contributed by atoms with Gasteiger partial charge in [-0.2, -0.15) is 0 Å². The van der Waals surface area contributed by atoms with Crippen LogP contribution in [0.3, 0.4) is 0 Å². The lowest BCUT2D eigenvalue weighted by Crippen LogP contribution is -2.30. The van der Waals surface area contributed by atoms with Crippen molar-refractivity contribution in [1.82, 2.24) is 0 Å². The Bertz CT molecular complexity index is 260. The van der Waals surface area contributed by atoms with Gasteiger partial charge < -0.3 is 5.73 Å². The summed E-state index contributed by atoms with van der Waals surface area (Å²) in [4.78, 5) is 0. The van der Waals surface area contributed by atoms with Gasteiger partial charge in [-0.1, -0.05) is 13.3 Å². The lowest BCUT2D eigenvalue weighted by molar-refractivity contribution is 0.489. The molecule has 0 amide bonds. The molecule has 0 aromatic rings. The smallest absolute Gasteiger partial charge is 0.157 e. The van der Waals surface area contributed by atoms with E-state index in [1.54, 1.807) is 0 Å². The zero-order chi connectivity index (χ0) is 9.41. The summed E-state index contributed by atoms with van der Waals surface area (Å²) in [6.07, 6.45) is 2.27. The molecule has 2 atom stereocenters. The molecule has 3 nitrogen and oxygen atoms in total. The van der Waals surface area contributed by atoms with Crippen molar-refractivity contribution >= 4 is 9.84 Å². The molecule has 1 heterocycles. The standard InChI is InChI=1S/C8H17NO2S/c1-3-4-8(2)5-7(9)6-12(8,10)11/h7H,3-6,9H2,1-2H3. The fourth-order valence-corrected chi connectivity index (χ4v) is 4.08. The van der Waals surface area contributed by atoms with Crippen LogP contribution in [0.1, 0.15) is 33.1 Å². The summed E-state index contributed by atoms with van der Waals surface area (Å²) >= 11 is 0. The molecule has 0 saturated carbocycles. The molecule has 0 aliphatic carbocycles. The molecule has 2 N–H and O–H groups in total. The zero-order valence-corrected chi connectivity index (χ0v) is 8.52. The van der Waals surface area contributed by atoms with Crippen LogP contribution in [-0.4, -0.2) is 25.0 Å². The van der Waals surface area contributed by atoms with E-state index in [1.165, 1.54) is 0 Å². The van der Waals surface area contributed by atoms with Crippen LogP contribution in [0.25, 0.3) is 0 Å². The fraction of sp³-hybridized carbons (Fsp3) is 1.00. The van der Waals surface area contributed by atoms with Crippen LogP contribution in [0.15, 0.2) is 0 Å². The van der Waals surface area contributed by atoms with Crippen molar-refractivity contribution in [3.05, 3.63) is 0 Å². The van der Waals surface area contributed by atoms with Gasteiger partial charge in [0, 0.05) is 6.04 Å². The van der Waals surface area contributed by atoms with E-state index in [9.17, 15) is 8.42 Å². The highest BCUT2D eigenvalue weighted by Gasteiger charge is 2.46. The Balaban J connectivity index is 2.90. The Labute approximate surface area is 74.3 Å². The molecule has 4 heteroatoms. The second-order valence-corrected chi connectivity index (χ2v) is 6.49. The Kier molecular flexibility index (Phi) is 2.50. The van der Waals surface area contributed by atoms with Crippen molar-refractivity contribution in [3.63, 3.8) is 0 Å². The number of hydrogen-bond donors (Lipinski definition) is 1. The highest BCUT2D eigenvalue weighted by atomic mass is 32.2. The monoisotopic (exact) mass is 191 g/mol. The van der Waals surface area contributed by atoms with E-state index < -0.39 is 14.6 Å². The Morgan fingerprint density at radius 3 is 2.50 bits per heavy atom.